The predicted molar refractivity (Wildman–Crippen MR) is 66.0 cm³/mol. The number of hydrogen-bond donors (Lipinski definition) is 1. The van der Waals surface area contributed by atoms with E-state index in [1.54, 1.807) is 6.92 Å². The van der Waals surface area contributed by atoms with Crippen molar-refractivity contribution in [3.05, 3.63) is 38.9 Å². The van der Waals surface area contributed by atoms with Crippen LogP contribution in [-0.2, 0) is 22.5 Å². The van der Waals surface area contributed by atoms with Crippen LogP contribution < -0.4 is 5.73 Å². The minimum atomic E-state index is -0.603. The second kappa shape index (κ2) is 6.47. The Hall–Kier alpha value is -2.46. The fraction of sp³-hybridized carbons (Fsp3) is 0.333. The number of nitrogens with zero attached hydrogens (tertiary/aromatic N) is 2. The third kappa shape index (κ3) is 3.50. The molecule has 0 aliphatic rings. The van der Waals surface area contributed by atoms with E-state index in [0.717, 1.165) is 6.07 Å². The van der Waals surface area contributed by atoms with Gasteiger partial charge in [-0.05, 0) is 18.1 Å². The summed E-state index contributed by atoms with van der Waals surface area (Å²) in [7, 11) is 0. The molecule has 1 aromatic carbocycles. The number of ether oxygens (including phenoxy) is 1. The maximum Gasteiger partial charge on any atom is 0.310 e. The van der Waals surface area contributed by atoms with E-state index in [4.69, 9.17) is 15.7 Å². The summed E-state index contributed by atoms with van der Waals surface area (Å²) in [4.78, 5) is 21.6. The van der Waals surface area contributed by atoms with Crippen molar-refractivity contribution in [1.82, 2.24) is 0 Å². The molecule has 0 radical (unpaired) electrons. The molecule has 0 aliphatic heterocycles. The zero-order chi connectivity index (χ0) is 14.4. The average molecular weight is 263 g/mol. The van der Waals surface area contributed by atoms with E-state index in [-0.39, 0.29) is 30.8 Å². The molecule has 0 heterocycles. The Morgan fingerprint density at radius 2 is 2.26 bits per heavy atom. The summed E-state index contributed by atoms with van der Waals surface area (Å²) < 4.78 is 4.80. The Bertz CT molecular complexity index is 549. The molecular formula is C12H13N3O4. The van der Waals surface area contributed by atoms with Crippen molar-refractivity contribution in [2.75, 3.05) is 6.61 Å². The van der Waals surface area contributed by atoms with Gasteiger partial charge in [0, 0.05) is 18.7 Å². The van der Waals surface area contributed by atoms with E-state index in [2.05, 4.69) is 0 Å². The summed E-state index contributed by atoms with van der Waals surface area (Å²) in [5.74, 6) is -0.498. The monoisotopic (exact) mass is 263 g/mol. The quantitative estimate of drug-likeness (QED) is 0.481. The van der Waals surface area contributed by atoms with Gasteiger partial charge in [-0.15, -0.1) is 0 Å². The van der Waals surface area contributed by atoms with Crippen LogP contribution in [0.4, 0.5) is 5.69 Å². The lowest BCUT2D eigenvalue weighted by atomic mass is 9.98. The molecule has 1 aromatic rings. The SMILES string of the molecule is CCOC(=O)Cc1c(C#N)cc([N+](=O)[O-])cc1CN. The van der Waals surface area contributed by atoms with Gasteiger partial charge >= 0.3 is 5.97 Å². The Labute approximate surface area is 109 Å². The highest BCUT2D eigenvalue weighted by molar-refractivity contribution is 5.74. The van der Waals surface area contributed by atoms with E-state index in [0.29, 0.717) is 11.1 Å². The highest BCUT2D eigenvalue weighted by Crippen LogP contribution is 2.23. The Balaban J connectivity index is 3.25. The number of hydrogen-bond acceptors (Lipinski definition) is 6. The first-order valence-corrected chi connectivity index (χ1v) is 5.59. The third-order valence-corrected chi connectivity index (χ3v) is 2.50. The van der Waals surface area contributed by atoms with Crippen molar-refractivity contribution < 1.29 is 14.5 Å². The molecule has 0 aliphatic carbocycles. The molecule has 100 valence electrons. The molecule has 0 atom stereocenters. The largest absolute Gasteiger partial charge is 0.466 e. The van der Waals surface area contributed by atoms with Crippen molar-refractivity contribution in [2.24, 2.45) is 5.73 Å². The standard InChI is InChI=1S/C12H13N3O4/c1-2-19-12(16)5-11-8(6-13)3-10(15(17)18)4-9(11)7-14/h3-4H,2,5-6,13H2,1H3. The predicted octanol–water partition coefficient (Wildman–Crippen LogP) is 1.03. The molecule has 0 fully saturated rings. The number of nitro groups is 1. The first-order valence-electron chi connectivity index (χ1n) is 5.59. The van der Waals surface area contributed by atoms with Gasteiger partial charge in [0.15, 0.2) is 0 Å². The number of carbonyl (C=O) groups is 1. The molecule has 7 nitrogen and oxygen atoms in total. The normalized spacial score (nSPS) is 9.74. The van der Waals surface area contributed by atoms with Crippen LogP contribution in [0.1, 0.15) is 23.6 Å². The number of nitrogens with two attached hydrogens (primary N) is 1. The molecule has 1 rings (SSSR count). The number of non-ortho nitro benzene ring substituents is 1. The Kier molecular flexibility index (Phi) is 4.97. The van der Waals surface area contributed by atoms with Crippen LogP contribution in [0, 0.1) is 21.4 Å². The van der Waals surface area contributed by atoms with E-state index in [1.807, 2.05) is 6.07 Å². The molecule has 0 bridgehead atoms. The second-order valence-electron chi connectivity index (χ2n) is 3.69. The summed E-state index contributed by atoms with van der Waals surface area (Å²) in [5, 5.41) is 19.8. The molecule has 7 heteroatoms. The van der Waals surface area contributed by atoms with Gasteiger partial charge in [0.1, 0.15) is 0 Å². The molecule has 0 spiro atoms. The van der Waals surface area contributed by atoms with E-state index < -0.39 is 10.9 Å². The molecule has 0 saturated heterocycles. The minimum Gasteiger partial charge on any atom is -0.466 e. The van der Waals surface area contributed by atoms with Gasteiger partial charge in [-0.1, -0.05) is 0 Å². The molecule has 0 unspecified atom stereocenters. The average Bonchev–Trinajstić information content (AvgIpc) is 2.38. The topological polar surface area (TPSA) is 119 Å². The third-order valence-electron chi connectivity index (χ3n) is 2.50. The zero-order valence-corrected chi connectivity index (χ0v) is 10.4. The fourth-order valence-electron chi connectivity index (χ4n) is 1.67. The first kappa shape index (κ1) is 14.6. The lowest BCUT2D eigenvalue weighted by Crippen LogP contribution is -2.13. The summed E-state index contributed by atoms with van der Waals surface area (Å²) in [6.45, 7) is 1.90. The van der Waals surface area contributed by atoms with Crippen molar-refractivity contribution in [3.8, 4) is 6.07 Å². The van der Waals surface area contributed by atoms with Crippen molar-refractivity contribution >= 4 is 11.7 Å². The Morgan fingerprint density at radius 3 is 2.74 bits per heavy atom. The fourth-order valence-corrected chi connectivity index (χ4v) is 1.67. The molecule has 19 heavy (non-hydrogen) atoms. The van der Waals surface area contributed by atoms with Crippen LogP contribution in [0.25, 0.3) is 0 Å². The maximum atomic E-state index is 11.5. The van der Waals surface area contributed by atoms with Gasteiger partial charge in [-0.2, -0.15) is 5.26 Å². The van der Waals surface area contributed by atoms with Gasteiger partial charge in [0.05, 0.1) is 29.6 Å². The highest BCUT2D eigenvalue weighted by Gasteiger charge is 2.18. The van der Waals surface area contributed by atoms with E-state index >= 15 is 0 Å². The van der Waals surface area contributed by atoms with Crippen molar-refractivity contribution in [3.63, 3.8) is 0 Å². The van der Waals surface area contributed by atoms with E-state index in [1.165, 1.54) is 6.07 Å². The highest BCUT2D eigenvalue weighted by atomic mass is 16.6. The first-order chi connectivity index (χ1) is 9.03. The van der Waals surface area contributed by atoms with Crippen LogP contribution in [0.2, 0.25) is 0 Å². The van der Waals surface area contributed by atoms with Crippen LogP contribution >= 0.6 is 0 Å². The number of esters is 1. The van der Waals surface area contributed by atoms with Crippen LogP contribution in [0.3, 0.4) is 0 Å². The number of rotatable bonds is 5. The number of nitro benzene ring substituents is 1. The second-order valence-corrected chi connectivity index (χ2v) is 3.69. The van der Waals surface area contributed by atoms with E-state index in [9.17, 15) is 14.9 Å². The lowest BCUT2D eigenvalue weighted by Gasteiger charge is -2.09. The molecular weight excluding hydrogens is 250 g/mol. The number of carbonyl (C=O) groups excluding carboxylic acids is 1. The van der Waals surface area contributed by atoms with Crippen molar-refractivity contribution in [2.45, 2.75) is 19.9 Å². The maximum absolute atomic E-state index is 11.5. The van der Waals surface area contributed by atoms with Gasteiger partial charge in [-0.25, -0.2) is 0 Å². The summed E-state index contributed by atoms with van der Waals surface area (Å²) in [6, 6.07) is 4.25. The molecule has 0 aromatic heterocycles. The zero-order valence-electron chi connectivity index (χ0n) is 10.4. The minimum absolute atomic E-state index is 0.00506. The van der Waals surface area contributed by atoms with Crippen LogP contribution in [0.15, 0.2) is 12.1 Å². The smallest absolute Gasteiger partial charge is 0.310 e. The summed E-state index contributed by atoms with van der Waals surface area (Å²) in [5.41, 5.74) is 6.15. The van der Waals surface area contributed by atoms with Gasteiger partial charge in [-0.3, -0.25) is 14.9 Å². The van der Waals surface area contributed by atoms with Gasteiger partial charge in [0.25, 0.3) is 5.69 Å². The number of nitriles is 1. The molecule has 0 saturated carbocycles. The van der Waals surface area contributed by atoms with Crippen LogP contribution in [0.5, 0.6) is 0 Å². The molecule has 0 amide bonds. The number of benzene rings is 1. The summed E-state index contributed by atoms with van der Waals surface area (Å²) >= 11 is 0. The lowest BCUT2D eigenvalue weighted by molar-refractivity contribution is -0.385. The van der Waals surface area contributed by atoms with Gasteiger partial charge < -0.3 is 10.5 Å². The molecule has 2 N–H and O–H groups in total. The van der Waals surface area contributed by atoms with Gasteiger partial charge in [0.2, 0.25) is 0 Å². The van der Waals surface area contributed by atoms with Crippen LogP contribution in [-0.4, -0.2) is 17.5 Å². The summed E-state index contributed by atoms with van der Waals surface area (Å²) in [6.07, 6.45) is -0.124. The Morgan fingerprint density at radius 1 is 1.58 bits per heavy atom. The van der Waals surface area contributed by atoms with Crippen molar-refractivity contribution in [1.29, 1.82) is 5.26 Å².